The lowest BCUT2D eigenvalue weighted by Crippen LogP contribution is -2.39. The van der Waals surface area contributed by atoms with Crippen molar-refractivity contribution in [3.8, 4) is 0 Å². The van der Waals surface area contributed by atoms with Crippen LogP contribution in [0.1, 0.15) is 38.3 Å². The Morgan fingerprint density at radius 1 is 1.35 bits per heavy atom. The van der Waals surface area contributed by atoms with Crippen molar-refractivity contribution in [3.05, 3.63) is 21.9 Å². The van der Waals surface area contributed by atoms with Crippen LogP contribution >= 0.6 is 23.2 Å². The molecule has 0 N–H and O–H groups in total. The molecule has 1 saturated heterocycles. The molecule has 2 heterocycles. The van der Waals surface area contributed by atoms with Crippen molar-refractivity contribution in [2.75, 3.05) is 13.1 Å². The maximum Gasteiger partial charge on any atom is 0.170 e. The first-order chi connectivity index (χ1) is 8.08. The normalized spacial score (nSPS) is 22.1. The minimum atomic E-state index is 0.284. The minimum absolute atomic E-state index is 0.284. The summed E-state index contributed by atoms with van der Waals surface area (Å²) in [5, 5.41) is 8.83. The molecule has 0 saturated carbocycles. The van der Waals surface area contributed by atoms with Gasteiger partial charge in [0.25, 0.3) is 0 Å². The van der Waals surface area contributed by atoms with Gasteiger partial charge in [0.05, 0.1) is 10.7 Å². The van der Waals surface area contributed by atoms with Gasteiger partial charge in [0.2, 0.25) is 0 Å². The number of nitrogens with zero attached hydrogens (tertiary/aromatic N) is 3. The summed E-state index contributed by atoms with van der Waals surface area (Å²) in [5.41, 5.74) is 0.963. The van der Waals surface area contributed by atoms with E-state index in [-0.39, 0.29) is 5.15 Å². The predicted octanol–water partition coefficient (Wildman–Crippen LogP) is 3.37. The third kappa shape index (κ3) is 3.09. The fourth-order valence-corrected chi connectivity index (χ4v) is 2.53. The predicted molar refractivity (Wildman–Crippen MR) is 70.7 cm³/mol. The first kappa shape index (κ1) is 13.1. The van der Waals surface area contributed by atoms with Gasteiger partial charge in [-0.15, -0.1) is 5.10 Å². The SMILES string of the molecule is CC(C)N1CCCC(c2cc(Cl)c(Cl)nn2)C1. The number of hydrogen-bond acceptors (Lipinski definition) is 3. The molecule has 0 aromatic carbocycles. The molecule has 0 amide bonds. The first-order valence-electron chi connectivity index (χ1n) is 6.00. The zero-order valence-electron chi connectivity index (χ0n) is 10.2. The summed E-state index contributed by atoms with van der Waals surface area (Å²) in [7, 11) is 0. The Kier molecular flexibility index (Phi) is 4.23. The van der Waals surface area contributed by atoms with Crippen LogP contribution in [-0.2, 0) is 0 Å². The molecule has 3 nitrogen and oxygen atoms in total. The van der Waals surface area contributed by atoms with Crippen molar-refractivity contribution < 1.29 is 0 Å². The maximum atomic E-state index is 5.98. The summed E-state index contributed by atoms with van der Waals surface area (Å²) in [6.07, 6.45) is 2.35. The van der Waals surface area contributed by atoms with Crippen molar-refractivity contribution in [2.24, 2.45) is 0 Å². The van der Waals surface area contributed by atoms with Crippen LogP contribution in [0.5, 0.6) is 0 Å². The molecule has 1 fully saturated rings. The van der Waals surface area contributed by atoms with Gasteiger partial charge in [-0.3, -0.25) is 0 Å². The van der Waals surface area contributed by atoms with E-state index >= 15 is 0 Å². The Morgan fingerprint density at radius 3 is 2.76 bits per heavy atom. The van der Waals surface area contributed by atoms with E-state index in [1.807, 2.05) is 6.07 Å². The molecule has 1 aromatic heterocycles. The highest BCUT2D eigenvalue weighted by molar-refractivity contribution is 6.41. The molecule has 0 spiro atoms. The molecule has 94 valence electrons. The molecule has 17 heavy (non-hydrogen) atoms. The van der Waals surface area contributed by atoms with Gasteiger partial charge in [-0.1, -0.05) is 23.2 Å². The molecular weight excluding hydrogens is 257 g/mol. The van der Waals surface area contributed by atoms with Crippen molar-refractivity contribution in [1.82, 2.24) is 15.1 Å². The molecule has 5 heteroatoms. The van der Waals surface area contributed by atoms with Gasteiger partial charge in [0.15, 0.2) is 5.15 Å². The van der Waals surface area contributed by atoms with Crippen molar-refractivity contribution in [2.45, 2.75) is 38.6 Å². The summed E-state index contributed by atoms with van der Waals surface area (Å²) < 4.78 is 0. The molecule has 0 aliphatic carbocycles. The second-order valence-corrected chi connectivity index (χ2v) is 5.60. The average Bonchev–Trinajstić information content (AvgIpc) is 2.33. The fraction of sp³-hybridized carbons (Fsp3) is 0.667. The lowest BCUT2D eigenvalue weighted by Gasteiger charge is -2.35. The number of aromatic nitrogens is 2. The highest BCUT2D eigenvalue weighted by atomic mass is 35.5. The van der Waals surface area contributed by atoms with E-state index in [0.29, 0.717) is 17.0 Å². The van der Waals surface area contributed by atoms with Crippen molar-refractivity contribution in [1.29, 1.82) is 0 Å². The lowest BCUT2D eigenvalue weighted by molar-refractivity contribution is 0.166. The molecule has 1 atom stereocenters. The summed E-state index contributed by atoms with van der Waals surface area (Å²) in [5.74, 6) is 0.424. The van der Waals surface area contributed by atoms with E-state index in [1.165, 1.54) is 13.0 Å². The summed E-state index contributed by atoms with van der Waals surface area (Å²) in [6.45, 7) is 6.65. The van der Waals surface area contributed by atoms with Gasteiger partial charge in [-0.2, -0.15) is 5.10 Å². The maximum absolute atomic E-state index is 5.98. The van der Waals surface area contributed by atoms with Crippen LogP contribution in [0.15, 0.2) is 6.07 Å². The highest BCUT2D eigenvalue weighted by Crippen LogP contribution is 2.29. The molecule has 0 bridgehead atoms. The van der Waals surface area contributed by atoms with Crippen molar-refractivity contribution >= 4 is 23.2 Å². The van der Waals surface area contributed by atoms with Crippen molar-refractivity contribution in [3.63, 3.8) is 0 Å². The van der Waals surface area contributed by atoms with Crippen LogP contribution in [0.3, 0.4) is 0 Å². The molecular formula is C12H17Cl2N3. The van der Waals surface area contributed by atoms with Gasteiger partial charge < -0.3 is 4.90 Å². The topological polar surface area (TPSA) is 29.0 Å². The molecule has 0 radical (unpaired) electrons. The van der Waals surface area contributed by atoms with Gasteiger partial charge in [0, 0.05) is 18.5 Å². The summed E-state index contributed by atoms with van der Waals surface area (Å²) >= 11 is 11.8. The summed E-state index contributed by atoms with van der Waals surface area (Å²) in [6, 6.07) is 2.43. The van der Waals surface area contributed by atoms with E-state index in [0.717, 1.165) is 18.7 Å². The molecule has 1 aliphatic heterocycles. The van der Waals surface area contributed by atoms with Crippen LogP contribution in [-0.4, -0.2) is 34.2 Å². The molecule has 1 aromatic rings. The van der Waals surface area contributed by atoms with Crippen LogP contribution < -0.4 is 0 Å². The van der Waals surface area contributed by atoms with Gasteiger partial charge in [0.1, 0.15) is 0 Å². The number of hydrogen-bond donors (Lipinski definition) is 0. The average molecular weight is 274 g/mol. The first-order valence-corrected chi connectivity index (χ1v) is 6.76. The van der Waals surface area contributed by atoms with Crippen LogP contribution in [0, 0.1) is 0 Å². The number of rotatable bonds is 2. The lowest BCUT2D eigenvalue weighted by atomic mass is 9.94. The van der Waals surface area contributed by atoms with E-state index in [9.17, 15) is 0 Å². The Morgan fingerprint density at radius 2 is 2.12 bits per heavy atom. The Balaban J connectivity index is 2.13. The zero-order valence-corrected chi connectivity index (χ0v) is 11.7. The standard InChI is InChI=1S/C12H17Cl2N3/c1-8(2)17-5-3-4-9(7-17)11-6-10(13)12(14)16-15-11/h6,8-9H,3-5,7H2,1-2H3. The second kappa shape index (κ2) is 5.51. The van der Waals surface area contributed by atoms with Crippen LogP contribution in [0.25, 0.3) is 0 Å². The van der Waals surface area contributed by atoms with Crippen LogP contribution in [0.4, 0.5) is 0 Å². The summed E-state index contributed by atoms with van der Waals surface area (Å²) in [4.78, 5) is 2.47. The van der Waals surface area contributed by atoms with E-state index < -0.39 is 0 Å². The number of piperidine rings is 1. The third-order valence-electron chi connectivity index (χ3n) is 3.33. The number of halogens is 2. The van der Waals surface area contributed by atoms with E-state index in [1.54, 1.807) is 0 Å². The monoisotopic (exact) mass is 273 g/mol. The van der Waals surface area contributed by atoms with Gasteiger partial charge in [-0.05, 0) is 39.3 Å². The van der Waals surface area contributed by atoms with E-state index in [4.69, 9.17) is 23.2 Å². The quantitative estimate of drug-likeness (QED) is 0.828. The number of likely N-dealkylation sites (tertiary alicyclic amines) is 1. The second-order valence-electron chi connectivity index (χ2n) is 4.84. The largest absolute Gasteiger partial charge is 0.300 e. The minimum Gasteiger partial charge on any atom is -0.300 e. The molecule has 2 rings (SSSR count). The van der Waals surface area contributed by atoms with E-state index in [2.05, 4.69) is 28.9 Å². The van der Waals surface area contributed by atoms with Gasteiger partial charge >= 0.3 is 0 Å². The molecule has 1 aliphatic rings. The highest BCUT2D eigenvalue weighted by Gasteiger charge is 2.24. The smallest absolute Gasteiger partial charge is 0.170 e. The Bertz CT molecular complexity index is 395. The Hall–Kier alpha value is -0.380. The third-order valence-corrected chi connectivity index (χ3v) is 3.99. The van der Waals surface area contributed by atoms with Gasteiger partial charge in [-0.25, -0.2) is 0 Å². The van der Waals surface area contributed by atoms with Crippen LogP contribution in [0.2, 0.25) is 10.2 Å². The Labute approximate surface area is 112 Å². The molecule has 1 unspecified atom stereocenters. The fourth-order valence-electron chi connectivity index (χ4n) is 2.28. The zero-order chi connectivity index (χ0) is 12.4.